The molecule has 44 heavy (non-hydrogen) atoms. The van der Waals surface area contributed by atoms with Gasteiger partial charge in [0.05, 0.1) is 17.6 Å². The molecule has 1 aromatic rings. The van der Waals surface area contributed by atoms with Crippen molar-refractivity contribution in [2.75, 3.05) is 19.8 Å². The van der Waals surface area contributed by atoms with Gasteiger partial charge in [0, 0.05) is 24.5 Å². The van der Waals surface area contributed by atoms with E-state index in [9.17, 15) is 38.7 Å². The number of nitro benzene ring substituents is 1. The summed E-state index contributed by atoms with van der Waals surface area (Å²) in [4.78, 5) is 62.0. The number of phosphoric acid groups is 3. The van der Waals surface area contributed by atoms with E-state index in [0.717, 1.165) is 5.56 Å². The van der Waals surface area contributed by atoms with Crippen LogP contribution in [0.25, 0.3) is 0 Å². The molecule has 24 heteroatoms. The highest BCUT2D eigenvalue weighted by Crippen LogP contribution is 2.66. The number of hydrogen-bond donors (Lipinski definition) is 7. The van der Waals surface area contributed by atoms with E-state index in [1.165, 1.54) is 17.3 Å². The van der Waals surface area contributed by atoms with E-state index >= 15 is 0 Å². The maximum Gasteiger partial charge on any atom is 0.490 e. The Morgan fingerprint density at radius 3 is 2.57 bits per heavy atom. The molecule has 3 aliphatic rings. The third kappa shape index (κ3) is 8.48. The zero-order valence-corrected chi connectivity index (χ0v) is 25.3. The van der Waals surface area contributed by atoms with Crippen LogP contribution in [0.5, 0.6) is 0 Å². The second kappa shape index (κ2) is 13.2. The van der Waals surface area contributed by atoms with Crippen LogP contribution in [0.1, 0.15) is 24.0 Å². The Hall–Kier alpha value is -2.32. The quantitative estimate of drug-likeness (QED) is 0.0748. The Bertz CT molecular complexity index is 1520. The van der Waals surface area contributed by atoms with Crippen LogP contribution in [-0.2, 0) is 44.4 Å². The molecule has 0 aromatic heterocycles. The number of phosphoric ester groups is 1. The van der Waals surface area contributed by atoms with Crippen LogP contribution in [0.3, 0.4) is 0 Å². The van der Waals surface area contributed by atoms with Gasteiger partial charge in [-0.15, -0.1) is 0 Å². The van der Waals surface area contributed by atoms with Gasteiger partial charge in [0.2, 0.25) is 0 Å². The summed E-state index contributed by atoms with van der Waals surface area (Å²) in [6.45, 7) is -0.482. The number of nitrogens with zero attached hydrogens (tertiary/aromatic N) is 5. The summed E-state index contributed by atoms with van der Waals surface area (Å²) in [6.07, 6.45) is -1.29. The number of aliphatic hydroxyl groups excluding tert-OH is 1. The zero-order chi connectivity index (χ0) is 32.5. The molecule has 1 fully saturated rings. The van der Waals surface area contributed by atoms with Gasteiger partial charge in [0.1, 0.15) is 31.1 Å². The van der Waals surface area contributed by atoms with Gasteiger partial charge in [-0.25, -0.2) is 23.7 Å². The first-order valence-electron chi connectivity index (χ1n) is 12.7. The lowest BCUT2D eigenvalue weighted by Crippen LogP contribution is -2.55. The third-order valence-corrected chi connectivity index (χ3v) is 10.4. The number of aliphatic hydroxyl groups is 1. The molecule has 9 N–H and O–H groups in total. The number of nitro groups is 1. The van der Waals surface area contributed by atoms with Crippen molar-refractivity contribution in [3.63, 3.8) is 0 Å². The number of aryl methyl sites for hydroxylation is 1. The fourth-order valence-electron chi connectivity index (χ4n) is 4.70. The Labute approximate surface area is 248 Å². The Balaban J connectivity index is 1.41. The van der Waals surface area contributed by atoms with E-state index in [-0.39, 0.29) is 36.7 Å². The molecule has 3 aliphatic heterocycles. The van der Waals surface area contributed by atoms with Gasteiger partial charge in [0.25, 0.3) is 5.69 Å². The average molecular weight is 685 g/mol. The molecular formula is C20H30N7O14P3. The fourth-order valence-corrected chi connectivity index (χ4v) is 7.73. The maximum atomic E-state index is 12.0. The summed E-state index contributed by atoms with van der Waals surface area (Å²) >= 11 is 0. The van der Waals surface area contributed by atoms with Gasteiger partial charge < -0.3 is 45.8 Å². The van der Waals surface area contributed by atoms with Gasteiger partial charge >= 0.3 is 23.5 Å². The van der Waals surface area contributed by atoms with Crippen LogP contribution in [0, 0.1) is 10.1 Å². The average Bonchev–Trinajstić information content (AvgIpc) is 3.48. The van der Waals surface area contributed by atoms with Crippen LogP contribution < -0.4 is 11.5 Å². The molecule has 0 bridgehead atoms. The maximum absolute atomic E-state index is 12.0. The number of benzene rings is 1. The van der Waals surface area contributed by atoms with Crippen LogP contribution in [0.4, 0.5) is 5.69 Å². The highest BCUT2D eigenvalue weighted by molar-refractivity contribution is 7.66. The van der Waals surface area contributed by atoms with Crippen molar-refractivity contribution in [1.82, 2.24) is 4.90 Å². The molecule has 3 heterocycles. The van der Waals surface area contributed by atoms with Crippen LogP contribution in [-0.4, -0.2) is 96.3 Å². The van der Waals surface area contributed by atoms with Crippen LogP contribution in [0.15, 0.2) is 33.2 Å². The van der Waals surface area contributed by atoms with E-state index < -0.39 is 59.1 Å². The van der Waals surface area contributed by atoms with Crippen molar-refractivity contribution in [1.29, 1.82) is 0 Å². The zero-order valence-electron chi connectivity index (χ0n) is 22.6. The standard InChI is InChI=1S/C20H30N7O14P3/c21-5-1-2-12-3-4-13(14(6-12)27(29)30)8-20(22)18-19(23-10-25-20)26(11-24-18)17-7-15(28)16(39-17)9-38-43(34,35)41-44(36,37)40-42(31,32)33/h3-4,6,10,15-17,28H,1-2,5,7-9,11,21-22H2,(H,34,35)(H,36,37)(H2,31,32,33)/t15-,16+,17+,20?/m0/s1. The van der Waals surface area contributed by atoms with Crippen molar-refractivity contribution in [2.45, 2.75) is 49.8 Å². The molecule has 0 saturated carbocycles. The van der Waals surface area contributed by atoms with E-state index in [1.54, 1.807) is 12.1 Å². The molecule has 1 aromatic carbocycles. The van der Waals surface area contributed by atoms with Crippen molar-refractivity contribution in [2.24, 2.45) is 26.4 Å². The molecule has 0 radical (unpaired) electrons. The first-order valence-corrected chi connectivity index (χ1v) is 17.2. The van der Waals surface area contributed by atoms with Gasteiger partial charge in [-0.2, -0.15) is 8.62 Å². The number of hydrogen-bond acceptors (Lipinski definition) is 16. The Morgan fingerprint density at radius 1 is 1.18 bits per heavy atom. The molecule has 1 saturated heterocycles. The summed E-state index contributed by atoms with van der Waals surface area (Å²) in [5.41, 5.74) is 11.7. The molecule has 0 amide bonds. The first kappa shape index (κ1) is 34.6. The van der Waals surface area contributed by atoms with Gasteiger partial charge in [-0.05, 0) is 24.9 Å². The topological polar surface area (TPSA) is 325 Å². The molecule has 0 aliphatic carbocycles. The normalized spacial score (nSPS) is 27.8. The van der Waals surface area contributed by atoms with Crippen molar-refractivity contribution in [3.8, 4) is 0 Å². The molecule has 6 atom stereocenters. The first-order chi connectivity index (χ1) is 20.4. The molecule has 4 rings (SSSR count). The van der Waals surface area contributed by atoms with E-state index in [1.807, 2.05) is 0 Å². The highest BCUT2D eigenvalue weighted by Gasteiger charge is 2.48. The number of aliphatic imine (C=N–C) groups is 3. The monoisotopic (exact) mass is 685 g/mol. The number of ether oxygens (including phenoxy) is 1. The predicted octanol–water partition coefficient (Wildman–Crippen LogP) is -0.343. The second-order valence-electron chi connectivity index (χ2n) is 9.85. The molecule has 244 valence electrons. The van der Waals surface area contributed by atoms with Gasteiger partial charge in [-0.3, -0.25) is 19.6 Å². The van der Waals surface area contributed by atoms with E-state index in [2.05, 4.69) is 28.1 Å². The summed E-state index contributed by atoms with van der Waals surface area (Å²) < 4.78 is 52.0. The minimum absolute atomic E-state index is 0.0590. The second-order valence-corrected chi connectivity index (χ2v) is 14.3. The van der Waals surface area contributed by atoms with Crippen molar-refractivity contribution >= 4 is 47.0 Å². The lowest BCUT2D eigenvalue weighted by molar-refractivity contribution is -0.385. The van der Waals surface area contributed by atoms with Gasteiger partial charge in [0.15, 0.2) is 11.5 Å². The highest BCUT2D eigenvalue weighted by atomic mass is 31.3. The molecule has 0 spiro atoms. The summed E-state index contributed by atoms with van der Waals surface area (Å²) in [5, 5.41) is 22.3. The molecule has 21 nitrogen and oxygen atoms in total. The van der Waals surface area contributed by atoms with Crippen molar-refractivity contribution in [3.05, 3.63) is 39.4 Å². The fraction of sp³-hybridized carbons (Fsp3) is 0.550. The molecule has 3 unspecified atom stereocenters. The number of rotatable bonds is 14. The minimum Gasteiger partial charge on any atom is -0.390 e. The van der Waals surface area contributed by atoms with E-state index in [4.69, 9.17) is 26.0 Å². The van der Waals surface area contributed by atoms with E-state index in [0.29, 0.717) is 24.9 Å². The lowest BCUT2D eigenvalue weighted by atomic mass is 9.92. The predicted molar refractivity (Wildman–Crippen MR) is 150 cm³/mol. The van der Waals surface area contributed by atoms with Crippen LogP contribution in [0.2, 0.25) is 0 Å². The summed E-state index contributed by atoms with van der Waals surface area (Å²) in [6, 6.07) is 4.82. The smallest absolute Gasteiger partial charge is 0.390 e. The number of fused-ring (bicyclic) bond motifs is 1. The third-order valence-electron chi connectivity index (χ3n) is 6.59. The SMILES string of the molecule is NCCCc1ccc(CC2(N)N=CN=C3C2=NCN3[C@H]2C[C@H](O)[C@@H](COP(=O)(O)OP(=O)(O)OP(=O)(O)O)O2)c([N+](=O)[O-])c1. The van der Waals surface area contributed by atoms with Crippen LogP contribution >= 0.6 is 23.5 Å². The van der Waals surface area contributed by atoms with Crippen molar-refractivity contribution < 1.29 is 61.2 Å². The summed E-state index contributed by atoms with van der Waals surface area (Å²) in [5.74, 6) is 0.218. The molecular weight excluding hydrogens is 655 g/mol. The minimum atomic E-state index is -5.72. The largest absolute Gasteiger partial charge is 0.490 e. The summed E-state index contributed by atoms with van der Waals surface area (Å²) in [7, 11) is -16.7. The van der Waals surface area contributed by atoms with Gasteiger partial charge in [-0.1, -0.05) is 12.1 Å². The number of nitrogens with two attached hydrogens (primary N) is 2. The Morgan fingerprint density at radius 2 is 1.91 bits per heavy atom. The lowest BCUT2D eigenvalue weighted by Gasteiger charge is -2.31. The number of amidine groups is 1. The Kier molecular flexibility index (Phi) is 10.4.